The third-order valence-corrected chi connectivity index (χ3v) is 5.42. The Morgan fingerprint density at radius 1 is 1.32 bits per heavy atom. The largest absolute Gasteiger partial charge is 0.493 e. The number of amides is 1. The first-order valence-electron chi connectivity index (χ1n) is 7.52. The molecule has 1 aromatic carbocycles. The number of hydrogen-bond acceptors (Lipinski definition) is 5. The molecule has 0 radical (unpaired) electrons. The van der Waals surface area contributed by atoms with Crippen LogP contribution in [0.3, 0.4) is 0 Å². The summed E-state index contributed by atoms with van der Waals surface area (Å²) < 4.78 is 10.8. The Kier molecular flexibility index (Phi) is 4.49. The normalized spacial score (nSPS) is 24.0. The Bertz CT molecular complexity index is 573. The maximum absolute atomic E-state index is 12.7. The van der Waals surface area contributed by atoms with Gasteiger partial charge in [-0.1, -0.05) is 0 Å². The summed E-state index contributed by atoms with van der Waals surface area (Å²) in [6.45, 7) is 2.84. The van der Waals surface area contributed by atoms with Gasteiger partial charge in [-0.05, 0) is 36.6 Å². The van der Waals surface area contributed by atoms with E-state index in [0.29, 0.717) is 0 Å². The summed E-state index contributed by atoms with van der Waals surface area (Å²) in [5.74, 6) is 3.40. The fourth-order valence-electron chi connectivity index (χ4n) is 3.20. The summed E-state index contributed by atoms with van der Waals surface area (Å²) in [7, 11) is 3.29. The zero-order chi connectivity index (χ0) is 15.7. The second kappa shape index (κ2) is 6.38. The van der Waals surface area contributed by atoms with Crippen LogP contribution in [-0.2, 0) is 11.2 Å². The molecule has 0 spiro atoms. The SMILES string of the molecule is COc1cc2c(cc1OC)C(C)N(C(=O)C1CSCN1)CC2. The van der Waals surface area contributed by atoms with Gasteiger partial charge in [0, 0.05) is 18.2 Å². The molecule has 1 aromatic rings. The number of carbonyl (C=O) groups excluding carboxylic acids is 1. The Morgan fingerprint density at radius 3 is 2.68 bits per heavy atom. The predicted molar refractivity (Wildman–Crippen MR) is 87.6 cm³/mol. The molecule has 0 bridgehead atoms. The summed E-state index contributed by atoms with van der Waals surface area (Å²) in [6, 6.07) is 4.06. The average Bonchev–Trinajstić information content (AvgIpc) is 3.08. The molecule has 1 fully saturated rings. The van der Waals surface area contributed by atoms with E-state index in [4.69, 9.17) is 9.47 Å². The number of nitrogens with one attached hydrogen (secondary N) is 1. The molecule has 2 aliphatic heterocycles. The number of ether oxygens (including phenoxy) is 2. The number of benzene rings is 1. The van der Waals surface area contributed by atoms with Crippen molar-refractivity contribution in [1.82, 2.24) is 10.2 Å². The van der Waals surface area contributed by atoms with Gasteiger partial charge >= 0.3 is 0 Å². The van der Waals surface area contributed by atoms with E-state index in [1.165, 1.54) is 5.56 Å². The number of carbonyl (C=O) groups is 1. The van der Waals surface area contributed by atoms with Crippen molar-refractivity contribution < 1.29 is 14.3 Å². The standard InChI is InChI=1S/C16H22N2O3S/c1-10-12-7-15(21-3)14(20-2)6-11(12)4-5-18(10)16(19)13-8-22-9-17-13/h6-7,10,13,17H,4-5,8-9H2,1-3H3. The minimum absolute atomic E-state index is 0.0471. The zero-order valence-corrected chi connectivity index (χ0v) is 14.0. The molecule has 2 atom stereocenters. The van der Waals surface area contributed by atoms with Crippen molar-refractivity contribution in [3.8, 4) is 11.5 Å². The molecule has 3 rings (SSSR count). The topological polar surface area (TPSA) is 50.8 Å². The average molecular weight is 322 g/mol. The second-order valence-corrected chi connectivity index (χ2v) is 6.67. The summed E-state index contributed by atoms with van der Waals surface area (Å²) in [5, 5.41) is 3.27. The van der Waals surface area contributed by atoms with Crippen molar-refractivity contribution in [2.45, 2.75) is 25.4 Å². The predicted octanol–water partition coefficient (Wildman–Crippen LogP) is 1.81. The molecule has 6 heteroatoms. The van der Waals surface area contributed by atoms with E-state index in [2.05, 4.69) is 12.2 Å². The smallest absolute Gasteiger partial charge is 0.241 e. The molecule has 1 amide bonds. The molecule has 22 heavy (non-hydrogen) atoms. The highest BCUT2D eigenvalue weighted by atomic mass is 32.2. The quantitative estimate of drug-likeness (QED) is 0.920. The molecule has 2 heterocycles. The van der Waals surface area contributed by atoms with E-state index in [1.807, 2.05) is 17.0 Å². The van der Waals surface area contributed by atoms with Gasteiger partial charge in [0.25, 0.3) is 0 Å². The van der Waals surface area contributed by atoms with Crippen molar-refractivity contribution in [2.75, 3.05) is 32.4 Å². The molecule has 2 unspecified atom stereocenters. The van der Waals surface area contributed by atoms with Gasteiger partial charge in [0.15, 0.2) is 11.5 Å². The zero-order valence-electron chi connectivity index (χ0n) is 13.2. The van der Waals surface area contributed by atoms with Gasteiger partial charge in [-0.25, -0.2) is 0 Å². The summed E-state index contributed by atoms with van der Waals surface area (Å²) in [6.07, 6.45) is 0.853. The van der Waals surface area contributed by atoms with Gasteiger partial charge in [0.2, 0.25) is 5.91 Å². The molecule has 0 aromatic heterocycles. The van der Waals surface area contributed by atoms with E-state index in [-0.39, 0.29) is 18.0 Å². The Balaban J connectivity index is 1.88. The van der Waals surface area contributed by atoms with Gasteiger partial charge in [-0.3, -0.25) is 10.1 Å². The van der Waals surface area contributed by atoms with Crippen LogP contribution < -0.4 is 14.8 Å². The second-order valence-electron chi connectivity index (χ2n) is 5.64. The first-order chi connectivity index (χ1) is 10.7. The summed E-state index contributed by atoms with van der Waals surface area (Å²) in [5.41, 5.74) is 2.39. The lowest BCUT2D eigenvalue weighted by atomic mass is 9.92. The summed E-state index contributed by atoms with van der Waals surface area (Å²) >= 11 is 1.78. The number of thioether (sulfide) groups is 1. The van der Waals surface area contributed by atoms with Crippen molar-refractivity contribution in [1.29, 1.82) is 0 Å². The third kappa shape index (κ3) is 2.65. The number of methoxy groups -OCH3 is 2. The molecule has 120 valence electrons. The van der Waals surface area contributed by atoms with Gasteiger partial charge < -0.3 is 14.4 Å². The van der Waals surface area contributed by atoms with Crippen LogP contribution in [0.25, 0.3) is 0 Å². The van der Waals surface area contributed by atoms with Crippen LogP contribution in [0.5, 0.6) is 11.5 Å². The lowest BCUT2D eigenvalue weighted by Gasteiger charge is -2.37. The van der Waals surface area contributed by atoms with E-state index >= 15 is 0 Å². The fourth-order valence-corrected chi connectivity index (χ4v) is 4.13. The summed E-state index contributed by atoms with van der Waals surface area (Å²) in [4.78, 5) is 14.7. The van der Waals surface area contributed by atoms with Crippen LogP contribution in [0.15, 0.2) is 12.1 Å². The number of rotatable bonds is 3. The van der Waals surface area contributed by atoms with Crippen LogP contribution >= 0.6 is 11.8 Å². The molecule has 0 saturated carbocycles. The Hall–Kier alpha value is -1.40. The lowest BCUT2D eigenvalue weighted by Crippen LogP contribution is -2.48. The first kappa shape index (κ1) is 15.5. The molecule has 0 aliphatic carbocycles. The highest BCUT2D eigenvalue weighted by Crippen LogP contribution is 2.38. The van der Waals surface area contributed by atoms with Crippen LogP contribution in [0.2, 0.25) is 0 Å². The highest BCUT2D eigenvalue weighted by molar-refractivity contribution is 7.99. The van der Waals surface area contributed by atoms with Crippen molar-refractivity contribution in [2.24, 2.45) is 0 Å². The van der Waals surface area contributed by atoms with Crippen LogP contribution in [0.4, 0.5) is 0 Å². The Morgan fingerprint density at radius 2 is 2.05 bits per heavy atom. The molecule has 5 nitrogen and oxygen atoms in total. The van der Waals surface area contributed by atoms with Crippen molar-refractivity contribution in [3.63, 3.8) is 0 Å². The van der Waals surface area contributed by atoms with Gasteiger partial charge in [-0.15, -0.1) is 11.8 Å². The fraction of sp³-hybridized carbons (Fsp3) is 0.562. The molecule has 1 saturated heterocycles. The van der Waals surface area contributed by atoms with Gasteiger partial charge in [0.05, 0.1) is 26.3 Å². The molecule has 1 N–H and O–H groups in total. The van der Waals surface area contributed by atoms with Crippen molar-refractivity contribution in [3.05, 3.63) is 23.3 Å². The maximum atomic E-state index is 12.7. The minimum Gasteiger partial charge on any atom is -0.493 e. The van der Waals surface area contributed by atoms with E-state index in [9.17, 15) is 4.79 Å². The van der Waals surface area contributed by atoms with E-state index in [1.54, 1.807) is 26.0 Å². The highest BCUT2D eigenvalue weighted by Gasteiger charge is 2.34. The van der Waals surface area contributed by atoms with E-state index < -0.39 is 0 Å². The number of nitrogens with zero attached hydrogens (tertiary/aromatic N) is 1. The van der Waals surface area contributed by atoms with Crippen LogP contribution in [0.1, 0.15) is 24.1 Å². The van der Waals surface area contributed by atoms with Gasteiger partial charge in [0.1, 0.15) is 0 Å². The Labute approximate surface area is 135 Å². The van der Waals surface area contributed by atoms with E-state index in [0.717, 1.165) is 41.7 Å². The molecule has 2 aliphatic rings. The van der Waals surface area contributed by atoms with Crippen molar-refractivity contribution >= 4 is 17.7 Å². The first-order valence-corrected chi connectivity index (χ1v) is 8.67. The van der Waals surface area contributed by atoms with Crippen LogP contribution in [0, 0.1) is 0 Å². The minimum atomic E-state index is -0.0471. The van der Waals surface area contributed by atoms with Crippen LogP contribution in [-0.4, -0.2) is 49.2 Å². The molecular formula is C16H22N2O3S. The molecular weight excluding hydrogens is 300 g/mol. The number of fused-ring (bicyclic) bond motifs is 1. The van der Waals surface area contributed by atoms with Gasteiger partial charge in [-0.2, -0.15) is 0 Å². The monoisotopic (exact) mass is 322 g/mol. The third-order valence-electron chi connectivity index (χ3n) is 4.48. The number of hydrogen-bond donors (Lipinski definition) is 1. The lowest BCUT2D eigenvalue weighted by molar-refractivity contribution is -0.135. The maximum Gasteiger partial charge on any atom is 0.241 e.